The van der Waals surface area contributed by atoms with E-state index in [0.717, 1.165) is 60.8 Å². The number of ether oxygens (including phenoxy) is 2. The first-order chi connectivity index (χ1) is 22.3. The lowest BCUT2D eigenvalue weighted by Crippen LogP contribution is -2.48. The van der Waals surface area contributed by atoms with E-state index in [1.165, 1.54) is 61.8 Å². The van der Waals surface area contributed by atoms with Crippen molar-refractivity contribution >= 4 is 11.9 Å². The molecule has 262 valence electrons. The van der Waals surface area contributed by atoms with Gasteiger partial charge in [-0.1, -0.05) is 82.1 Å². The summed E-state index contributed by atoms with van der Waals surface area (Å²) < 4.78 is 12.7. The van der Waals surface area contributed by atoms with Gasteiger partial charge in [0.2, 0.25) is 0 Å². The number of fused-ring (bicyclic) bond motifs is 6. The van der Waals surface area contributed by atoms with E-state index < -0.39 is 0 Å². The van der Waals surface area contributed by atoms with E-state index >= 15 is 0 Å². The van der Waals surface area contributed by atoms with Crippen LogP contribution in [0.2, 0.25) is 0 Å². The molecule has 6 rings (SSSR count). The fourth-order valence-corrected chi connectivity index (χ4v) is 12.0. The first-order valence-electron chi connectivity index (χ1n) is 19.1. The Labute approximate surface area is 291 Å². The van der Waals surface area contributed by atoms with Crippen LogP contribution in [0.25, 0.3) is 11.1 Å². The van der Waals surface area contributed by atoms with Crippen LogP contribution in [-0.4, -0.2) is 11.9 Å². The average Bonchev–Trinajstić information content (AvgIpc) is 2.94. The minimum absolute atomic E-state index is 0.0175. The van der Waals surface area contributed by atoms with E-state index in [-0.39, 0.29) is 45.4 Å². The van der Waals surface area contributed by atoms with E-state index in [0.29, 0.717) is 23.3 Å². The lowest BCUT2D eigenvalue weighted by atomic mass is 9.49. The van der Waals surface area contributed by atoms with Crippen molar-refractivity contribution in [1.82, 2.24) is 0 Å². The summed E-state index contributed by atoms with van der Waals surface area (Å²) in [6.45, 7) is 26.9. The summed E-state index contributed by atoms with van der Waals surface area (Å²) in [7, 11) is 0. The van der Waals surface area contributed by atoms with Gasteiger partial charge in [-0.25, -0.2) is 0 Å². The van der Waals surface area contributed by atoms with Crippen molar-refractivity contribution in [2.24, 2.45) is 22.7 Å². The molecule has 0 spiro atoms. The molecule has 2 aromatic rings. The van der Waals surface area contributed by atoms with Gasteiger partial charge in [0.05, 0.1) is 0 Å². The number of rotatable bonds is 5. The van der Waals surface area contributed by atoms with Crippen LogP contribution in [0, 0.1) is 22.7 Å². The van der Waals surface area contributed by atoms with Crippen LogP contribution in [0.15, 0.2) is 12.1 Å². The second-order valence-corrected chi connectivity index (χ2v) is 18.6. The fourth-order valence-electron chi connectivity index (χ4n) is 12.0. The molecule has 0 amide bonds. The summed E-state index contributed by atoms with van der Waals surface area (Å²) in [5.74, 6) is 2.17. The minimum atomic E-state index is -0.311. The molecule has 2 aromatic carbocycles. The molecule has 0 radical (unpaired) electrons. The number of hydrogen-bond donors (Lipinski definition) is 0. The zero-order chi connectivity index (χ0) is 35.1. The Kier molecular flexibility index (Phi) is 8.81. The molecule has 2 fully saturated rings. The smallest absolute Gasteiger partial charge is 0.308 e. The van der Waals surface area contributed by atoms with Crippen molar-refractivity contribution in [3.8, 4) is 22.6 Å². The highest BCUT2D eigenvalue weighted by molar-refractivity contribution is 5.87. The maximum absolute atomic E-state index is 13.0. The highest BCUT2D eigenvalue weighted by Crippen LogP contribution is 2.62. The van der Waals surface area contributed by atoms with Gasteiger partial charge in [-0.15, -0.1) is 0 Å². The number of carbonyl (C=O) groups is 2. The molecule has 4 atom stereocenters. The van der Waals surface area contributed by atoms with Crippen molar-refractivity contribution in [3.63, 3.8) is 0 Å². The molecule has 0 heterocycles. The predicted octanol–water partition coefficient (Wildman–Crippen LogP) is 11.5. The van der Waals surface area contributed by atoms with E-state index in [9.17, 15) is 9.59 Å². The number of esters is 2. The summed E-state index contributed by atoms with van der Waals surface area (Å²) in [6.07, 6.45) is 11.5. The fraction of sp³-hybridized carbons (Fsp3) is 0.682. The zero-order valence-corrected chi connectivity index (χ0v) is 32.2. The predicted molar refractivity (Wildman–Crippen MR) is 196 cm³/mol. The molecule has 48 heavy (non-hydrogen) atoms. The highest BCUT2D eigenvalue weighted by atomic mass is 16.5. The van der Waals surface area contributed by atoms with Gasteiger partial charge in [0.25, 0.3) is 0 Å². The molecular formula is C44H62O4. The highest BCUT2D eigenvalue weighted by Gasteiger charge is 2.52. The van der Waals surface area contributed by atoms with Crippen molar-refractivity contribution in [2.75, 3.05) is 0 Å². The molecule has 4 heteroatoms. The second-order valence-electron chi connectivity index (χ2n) is 18.6. The van der Waals surface area contributed by atoms with Crippen molar-refractivity contribution in [1.29, 1.82) is 0 Å². The van der Waals surface area contributed by atoms with Crippen molar-refractivity contribution in [3.05, 3.63) is 45.5 Å². The quantitative estimate of drug-likeness (QED) is 0.238. The Morgan fingerprint density at radius 3 is 1.29 bits per heavy atom. The molecular weight excluding hydrogens is 592 g/mol. The van der Waals surface area contributed by atoms with Gasteiger partial charge >= 0.3 is 11.9 Å². The molecule has 4 aliphatic carbocycles. The molecule has 0 aromatic heterocycles. The summed E-state index contributed by atoms with van der Waals surface area (Å²) in [6, 6.07) is 4.78. The maximum atomic E-state index is 13.0. The molecule has 0 bridgehead atoms. The minimum Gasteiger partial charge on any atom is -0.426 e. The molecule has 0 saturated heterocycles. The number of hydrogen-bond acceptors (Lipinski definition) is 4. The molecule has 4 nitrogen and oxygen atoms in total. The van der Waals surface area contributed by atoms with Crippen molar-refractivity contribution < 1.29 is 19.1 Å². The molecule has 2 saturated carbocycles. The van der Waals surface area contributed by atoms with Gasteiger partial charge in [0, 0.05) is 36.1 Å². The largest absolute Gasteiger partial charge is 0.426 e. The van der Waals surface area contributed by atoms with E-state index in [1.54, 1.807) is 0 Å². The van der Waals surface area contributed by atoms with E-state index in [2.05, 4.69) is 81.4 Å². The van der Waals surface area contributed by atoms with Gasteiger partial charge < -0.3 is 9.47 Å². The first kappa shape index (κ1) is 35.2. The van der Waals surface area contributed by atoms with Crippen LogP contribution in [0.5, 0.6) is 11.5 Å². The average molecular weight is 655 g/mol. The maximum Gasteiger partial charge on any atom is 0.308 e. The third-order valence-corrected chi connectivity index (χ3v) is 13.8. The van der Waals surface area contributed by atoms with Gasteiger partial charge in [-0.2, -0.15) is 0 Å². The van der Waals surface area contributed by atoms with Crippen LogP contribution >= 0.6 is 0 Å². The van der Waals surface area contributed by atoms with Crippen LogP contribution in [0.3, 0.4) is 0 Å². The zero-order valence-electron chi connectivity index (χ0n) is 32.2. The van der Waals surface area contributed by atoms with Gasteiger partial charge in [-0.3, -0.25) is 9.59 Å². The van der Waals surface area contributed by atoms with E-state index in [4.69, 9.17) is 9.47 Å². The standard InChI is InChI=1S/C44H62O4/c1-25(2)37-29-15-17-35-41(7,8)19-13-21-43(35,11)33(29)23-31(39(37)47-27(5)45)32-24-34-30(38(26(3)4)40(32)48-28(6)46)16-18-36-42(9,10)20-14-22-44(34,36)12/h23-26,35-36H,13-22H2,1-12H3. The Morgan fingerprint density at radius 2 is 0.979 bits per heavy atom. The first-order valence-corrected chi connectivity index (χ1v) is 19.1. The SMILES string of the molecule is CC(=O)Oc1c(-c2cc3c(c(C(C)C)c2OC(C)=O)CCC2C(C)(C)CCCC32C)cc2c(c1C(C)C)CCC1C(C)(C)CCCC21C. The Hall–Kier alpha value is -2.62. The Morgan fingerprint density at radius 1 is 0.625 bits per heavy atom. The molecule has 4 unspecified atom stereocenters. The summed E-state index contributed by atoms with van der Waals surface area (Å²) in [5.41, 5.74) is 10.3. The topological polar surface area (TPSA) is 52.6 Å². The monoisotopic (exact) mass is 654 g/mol. The van der Waals surface area contributed by atoms with Crippen LogP contribution in [0.4, 0.5) is 0 Å². The third-order valence-electron chi connectivity index (χ3n) is 13.8. The Bertz CT molecular complexity index is 1520. The third kappa shape index (κ3) is 5.47. The lowest BCUT2D eigenvalue weighted by Gasteiger charge is -2.55. The second kappa shape index (κ2) is 12.0. The van der Waals surface area contributed by atoms with Crippen LogP contribution in [0.1, 0.15) is 180 Å². The van der Waals surface area contributed by atoms with Gasteiger partial charge in [0.15, 0.2) is 0 Å². The number of benzene rings is 2. The number of carbonyl (C=O) groups excluding carboxylic acids is 2. The summed E-state index contributed by atoms with van der Waals surface area (Å²) in [4.78, 5) is 26.0. The van der Waals surface area contributed by atoms with Crippen molar-refractivity contribution in [2.45, 2.75) is 170 Å². The summed E-state index contributed by atoms with van der Waals surface area (Å²) in [5, 5.41) is 0. The van der Waals surface area contributed by atoms with Crippen LogP contribution in [-0.2, 0) is 33.3 Å². The van der Waals surface area contributed by atoms with Crippen LogP contribution < -0.4 is 9.47 Å². The Balaban J connectivity index is 1.74. The molecule has 0 N–H and O–H groups in total. The lowest BCUT2D eigenvalue weighted by molar-refractivity contribution is -0.133. The molecule has 4 aliphatic rings. The van der Waals surface area contributed by atoms with Gasteiger partial charge in [-0.05, 0) is 131 Å². The van der Waals surface area contributed by atoms with Gasteiger partial charge in [0.1, 0.15) is 11.5 Å². The summed E-state index contributed by atoms with van der Waals surface area (Å²) >= 11 is 0. The normalized spacial score (nSPS) is 28.6. The van der Waals surface area contributed by atoms with E-state index in [1.807, 2.05) is 0 Å². The molecule has 0 aliphatic heterocycles.